The van der Waals surface area contributed by atoms with E-state index in [9.17, 15) is 4.79 Å². The first-order valence-corrected chi connectivity index (χ1v) is 3.51. The summed E-state index contributed by atoms with van der Waals surface area (Å²) in [5.41, 5.74) is 6.35. The monoisotopic (exact) mass is 161 g/mol. The summed E-state index contributed by atoms with van der Waals surface area (Å²) in [7, 11) is 0. The van der Waals surface area contributed by atoms with Gasteiger partial charge in [-0.2, -0.15) is 0 Å². The molecule has 3 N–H and O–H groups in total. The third-order valence-electron chi connectivity index (χ3n) is 1.73. The zero-order chi connectivity index (χ0) is 8.55. The van der Waals surface area contributed by atoms with Gasteiger partial charge in [-0.25, -0.2) is 4.98 Å². The Balaban J connectivity index is 2.82. The van der Waals surface area contributed by atoms with Gasteiger partial charge in [-0.15, -0.1) is 0 Å². The van der Waals surface area contributed by atoms with E-state index in [1.165, 1.54) is 0 Å². The third-order valence-corrected chi connectivity index (χ3v) is 1.73. The van der Waals surface area contributed by atoms with E-state index in [0.717, 1.165) is 5.39 Å². The maximum atomic E-state index is 10.9. The number of aromatic nitrogens is 2. The fourth-order valence-corrected chi connectivity index (χ4v) is 1.18. The molecule has 0 bridgehead atoms. The molecule has 4 heteroatoms. The first kappa shape index (κ1) is 6.84. The van der Waals surface area contributed by atoms with E-state index in [0.29, 0.717) is 11.2 Å². The van der Waals surface area contributed by atoms with E-state index in [1.54, 1.807) is 24.5 Å². The highest BCUT2D eigenvalue weighted by molar-refractivity contribution is 6.04. The van der Waals surface area contributed by atoms with Crippen LogP contribution < -0.4 is 5.73 Å². The van der Waals surface area contributed by atoms with Crippen molar-refractivity contribution in [3.8, 4) is 0 Å². The number of H-pyrrole nitrogens is 1. The molecule has 0 aliphatic rings. The smallest absolute Gasteiger partial charge is 0.249 e. The number of pyridine rings is 1. The predicted molar refractivity (Wildman–Crippen MR) is 44.6 cm³/mol. The maximum Gasteiger partial charge on any atom is 0.249 e. The van der Waals surface area contributed by atoms with Crippen molar-refractivity contribution >= 4 is 16.9 Å². The van der Waals surface area contributed by atoms with Crippen molar-refractivity contribution in [3.05, 3.63) is 30.1 Å². The van der Waals surface area contributed by atoms with Gasteiger partial charge in [0.25, 0.3) is 0 Å². The fraction of sp³-hybridized carbons (Fsp3) is 0. The molecule has 0 aliphatic carbocycles. The number of carbonyl (C=O) groups excluding carboxylic acids is 1. The number of amides is 1. The summed E-state index contributed by atoms with van der Waals surface area (Å²) in [6, 6.07) is 3.39. The lowest BCUT2D eigenvalue weighted by molar-refractivity contribution is 0.100. The van der Waals surface area contributed by atoms with Crippen molar-refractivity contribution in [3.63, 3.8) is 0 Å². The predicted octanol–water partition coefficient (Wildman–Crippen LogP) is 0.662. The second-order valence-electron chi connectivity index (χ2n) is 2.46. The van der Waals surface area contributed by atoms with Gasteiger partial charge in [-0.1, -0.05) is 0 Å². The van der Waals surface area contributed by atoms with Gasteiger partial charge in [0.2, 0.25) is 5.91 Å². The standard InChI is InChI=1S/C8H7N3O/c9-7(12)5-1-3-10-8-6(5)2-4-11-8/h1-4H,(H2,9,12)(H,10,11). The Morgan fingerprint density at radius 3 is 3.08 bits per heavy atom. The largest absolute Gasteiger partial charge is 0.366 e. The molecule has 0 spiro atoms. The van der Waals surface area contributed by atoms with Crippen LogP contribution in [0.3, 0.4) is 0 Å². The first-order valence-electron chi connectivity index (χ1n) is 3.51. The van der Waals surface area contributed by atoms with E-state index in [2.05, 4.69) is 9.97 Å². The minimum absolute atomic E-state index is 0.429. The Morgan fingerprint density at radius 2 is 2.33 bits per heavy atom. The highest BCUT2D eigenvalue weighted by Crippen LogP contribution is 2.13. The van der Waals surface area contributed by atoms with Crippen LogP contribution in [0.15, 0.2) is 24.5 Å². The second-order valence-corrected chi connectivity index (χ2v) is 2.46. The van der Waals surface area contributed by atoms with Gasteiger partial charge in [0.15, 0.2) is 0 Å². The van der Waals surface area contributed by atoms with E-state index in [4.69, 9.17) is 5.73 Å². The zero-order valence-corrected chi connectivity index (χ0v) is 6.24. The minimum Gasteiger partial charge on any atom is -0.366 e. The Kier molecular flexibility index (Phi) is 1.33. The molecule has 2 aromatic heterocycles. The quantitative estimate of drug-likeness (QED) is 0.644. The van der Waals surface area contributed by atoms with Crippen LogP contribution in [0, 0.1) is 0 Å². The summed E-state index contributed by atoms with van der Waals surface area (Å²) in [6.07, 6.45) is 3.28. The first-order chi connectivity index (χ1) is 5.79. The van der Waals surface area contributed by atoms with Crippen molar-refractivity contribution in [2.24, 2.45) is 5.73 Å². The van der Waals surface area contributed by atoms with Gasteiger partial charge in [0.1, 0.15) is 5.65 Å². The number of nitrogens with zero attached hydrogens (tertiary/aromatic N) is 1. The third kappa shape index (κ3) is 0.852. The van der Waals surface area contributed by atoms with Gasteiger partial charge in [0.05, 0.1) is 5.56 Å². The topological polar surface area (TPSA) is 71.8 Å². The normalized spacial score (nSPS) is 10.3. The Morgan fingerprint density at radius 1 is 1.50 bits per heavy atom. The van der Waals surface area contributed by atoms with Crippen LogP contribution in [0.25, 0.3) is 11.0 Å². The summed E-state index contributed by atoms with van der Waals surface area (Å²) in [5.74, 6) is -0.429. The number of aromatic amines is 1. The van der Waals surface area contributed by atoms with Crippen molar-refractivity contribution < 1.29 is 4.79 Å². The molecular weight excluding hydrogens is 154 g/mol. The fourth-order valence-electron chi connectivity index (χ4n) is 1.18. The van der Waals surface area contributed by atoms with E-state index in [1.807, 2.05) is 0 Å². The van der Waals surface area contributed by atoms with Gasteiger partial charge < -0.3 is 10.7 Å². The van der Waals surface area contributed by atoms with Crippen LogP contribution in [-0.2, 0) is 0 Å². The molecule has 60 valence electrons. The zero-order valence-electron chi connectivity index (χ0n) is 6.24. The molecule has 2 rings (SSSR count). The number of nitrogens with two attached hydrogens (primary N) is 1. The molecule has 0 unspecified atom stereocenters. The summed E-state index contributed by atoms with van der Waals surface area (Å²) in [4.78, 5) is 17.8. The van der Waals surface area contributed by atoms with Gasteiger partial charge >= 0.3 is 0 Å². The van der Waals surface area contributed by atoms with E-state index >= 15 is 0 Å². The van der Waals surface area contributed by atoms with Crippen molar-refractivity contribution in [1.82, 2.24) is 9.97 Å². The molecule has 0 aromatic carbocycles. The Bertz CT molecular complexity index is 433. The summed E-state index contributed by atoms with van der Waals surface area (Å²) in [6.45, 7) is 0. The number of nitrogens with one attached hydrogen (secondary N) is 1. The number of rotatable bonds is 1. The molecule has 4 nitrogen and oxygen atoms in total. The highest BCUT2D eigenvalue weighted by atomic mass is 16.1. The summed E-state index contributed by atoms with van der Waals surface area (Å²) >= 11 is 0. The van der Waals surface area contributed by atoms with Crippen LogP contribution in [0.5, 0.6) is 0 Å². The van der Waals surface area contributed by atoms with Gasteiger partial charge in [-0.3, -0.25) is 4.79 Å². The summed E-state index contributed by atoms with van der Waals surface area (Å²) in [5, 5.41) is 0.769. The molecule has 0 saturated heterocycles. The number of primary amides is 1. The van der Waals surface area contributed by atoms with Crippen LogP contribution in [-0.4, -0.2) is 15.9 Å². The molecule has 2 aromatic rings. The number of hydrogen-bond donors (Lipinski definition) is 2. The SMILES string of the molecule is NC(=O)c1ccnc2[nH]ccc12. The summed E-state index contributed by atoms with van der Waals surface area (Å²) < 4.78 is 0. The molecule has 0 fully saturated rings. The number of hydrogen-bond acceptors (Lipinski definition) is 2. The van der Waals surface area contributed by atoms with Crippen LogP contribution >= 0.6 is 0 Å². The van der Waals surface area contributed by atoms with Gasteiger partial charge in [-0.05, 0) is 12.1 Å². The molecule has 0 atom stereocenters. The van der Waals surface area contributed by atoms with E-state index < -0.39 is 5.91 Å². The van der Waals surface area contributed by atoms with Crippen LogP contribution in [0.1, 0.15) is 10.4 Å². The van der Waals surface area contributed by atoms with Crippen molar-refractivity contribution in [2.45, 2.75) is 0 Å². The number of carbonyl (C=O) groups is 1. The minimum atomic E-state index is -0.429. The second kappa shape index (κ2) is 2.34. The Hall–Kier alpha value is -1.84. The lowest BCUT2D eigenvalue weighted by Gasteiger charge is -1.95. The molecule has 0 saturated carbocycles. The average molecular weight is 161 g/mol. The van der Waals surface area contributed by atoms with Gasteiger partial charge in [0, 0.05) is 17.8 Å². The van der Waals surface area contributed by atoms with Crippen molar-refractivity contribution in [1.29, 1.82) is 0 Å². The molecule has 0 radical (unpaired) electrons. The lowest BCUT2D eigenvalue weighted by atomic mass is 10.2. The molecular formula is C8H7N3O. The average Bonchev–Trinajstić information content (AvgIpc) is 2.49. The highest BCUT2D eigenvalue weighted by Gasteiger charge is 2.06. The Labute approximate surface area is 68.4 Å². The number of fused-ring (bicyclic) bond motifs is 1. The molecule has 0 aliphatic heterocycles. The molecule has 2 heterocycles. The molecule has 1 amide bonds. The van der Waals surface area contributed by atoms with Crippen molar-refractivity contribution in [2.75, 3.05) is 0 Å². The van der Waals surface area contributed by atoms with E-state index in [-0.39, 0.29) is 0 Å². The molecule has 12 heavy (non-hydrogen) atoms. The van der Waals surface area contributed by atoms with Crippen LogP contribution in [0.4, 0.5) is 0 Å². The lowest BCUT2D eigenvalue weighted by Crippen LogP contribution is -2.11. The maximum absolute atomic E-state index is 10.9. The van der Waals surface area contributed by atoms with Crippen LogP contribution in [0.2, 0.25) is 0 Å².